The van der Waals surface area contributed by atoms with Crippen molar-refractivity contribution in [1.82, 2.24) is 9.97 Å². The molecular formula is C60H40N3OP. The maximum Gasteiger partial charge on any atom is 0.172 e. The topological polar surface area (TPSA) is 46.1 Å². The summed E-state index contributed by atoms with van der Waals surface area (Å²) in [6, 6.07) is 84.0. The molecule has 0 bridgehead atoms. The van der Waals surface area contributed by atoms with Gasteiger partial charge in [-0.2, -0.15) is 0 Å². The zero-order valence-electron chi connectivity index (χ0n) is 35.3. The fourth-order valence-electron chi connectivity index (χ4n) is 9.58. The quantitative estimate of drug-likeness (QED) is 0.150. The highest BCUT2D eigenvalue weighted by Gasteiger charge is 2.46. The van der Waals surface area contributed by atoms with E-state index in [1.165, 1.54) is 5.56 Å². The molecule has 5 heteroatoms. The second kappa shape index (κ2) is 15.9. The molecule has 0 radical (unpaired) electrons. The summed E-state index contributed by atoms with van der Waals surface area (Å²) in [6.45, 7) is 0. The van der Waals surface area contributed by atoms with Gasteiger partial charge in [0.25, 0.3) is 0 Å². The van der Waals surface area contributed by atoms with Crippen LogP contribution in [0.25, 0.3) is 67.0 Å². The normalized spacial score (nSPS) is 14.8. The fraction of sp³-hybridized carbons (Fsp3) is 0. The third-order valence-corrected chi connectivity index (χ3v) is 15.8. The first-order valence-electron chi connectivity index (χ1n) is 21.9. The first-order valence-corrected chi connectivity index (χ1v) is 23.6. The summed E-state index contributed by atoms with van der Waals surface area (Å²) in [5.74, 6) is 0.671. The van der Waals surface area contributed by atoms with Crippen LogP contribution in [0.2, 0.25) is 0 Å². The minimum absolute atomic E-state index is 0.671. The van der Waals surface area contributed by atoms with Crippen LogP contribution in [0.1, 0.15) is 16.7 Å². The van der Waals surface area contributed by atoms with Crippen LogP contribution in [0.15, 0.2) is 243 Å². The van der Waals surface area contributed by atoms with E-state index in [-0.39, 0.29) is 0 Å². The van der Waals surface area contributed by atoms with E-state index in [1.54, 1.807) is 0 Å². The molecular weight excluding hydrogens is 810 g/mol. The highest BCUT2D eigenvalue weighted by molar-refractivity contribution is 7.88. The Bertz CT molecular complexity index is 3490. The largest absolute Gasteiger partial charge is 0.309 e. The predicted octanol–water partition coefficient (Wildman–Crippen LogP) is 14.8. The molecule has 1 atom stereocenters. The summed E-state index contributed by atoms with van der Waals surface area (Å²) < 4.78 is 16.6. The number of hydrogen-bond acceptors (Lipinski definition) is 4. The lowest BCUT2D eigenvalue weighted by Crippen LogP contribution is -2.17. The summed E-state index contributed by atoms with van der Waals surface area (Å²) in [7, 11) is -3.41. The third kappa shape index (κ3) is 6.58. The van der Waals surface area contributed by atoms with Crippen molar-refractivity contribution >= 4 is 45.7 Å². The fourth-order valence-corrected chi connectivity index (χ4v) is 12.9. The third-order valence-electron chi connectivity index (χ3n) is 12.7. The van der Waals surface area contributed by atoms with Crippen molar-refractivity contribution < 1.29 is 4.57 Å². The van der Waals surface area contributed by atoms with Gasteiger partial charge in [-0.3, -0.25) is 0 Å². The van der Waals surface area contributed by atoms with Gasteiger partial charge in [0.2, 0.25) is 0 Å². The molecule has 1 aromatic heterocycles. The highest BCUT2D eigenvalue weighted by atomic mass is 31.2. The first-order chi connectivity index (χ1) is 32.1. The van der Waals surface area contributed by atoms with Crippen LogP contribution in [0.5, 0.6) is 0 Å². The van der Waals surface area contributed by atoms with Gasteiger partial charge in [-0.05, 0) is 64.2 Å². The molecule has 65 heavy (non-hydrogen) atoms. The monoisotopic (exact) mass is 849 g/mol. The van der Waals surface area contributed by atoms with Gasteiger partial charge < -0.3 is 9.46 Å². The van der Waals surface area contributed by atoms with Gasteiger partial charge in [-0.15, -0.1) is 0 Å². The zero-order valence-corrected chi connectivity index (χ0v) is 36.2. The van der Waals surface area contributed by atoms with Crippen molar-refractivity contribution in [3.05, 3.63) is 259 Å². The molecule has 2 aliphatic heterocycles. The smallest absolute Gasteiger partial charge is 0.172 e. The minimum atomic E-state index is -3.41. The number of anilines is 3. The van der Waals surface area contributed by atoms with Crippen molar-refractivity contribution in [2.45, 2.75) is 0 Å². The highest BCUT2D eigenvalue weighted by Crippen LogP contribution is 2.68. The number of aromatic nitrogens is 2. The summed E-state index contributed by atoms with van der Waals surface area (Å²) >= 11 is 0. The Morgan fingerprint density at radius 1 is 0.354 bits per heavy atom. The summed E-state index contributed by atoms with van der Waals surface area (Å²) in [6.07, 6.45) is 0. The van der Waals surface area contributed by atoms with Crippen molar-refractivity contribution in [3.63, 3.8) is 0 Å². The van der Waals surface area contributed by atoms with Gasteiger partial charge in [-0.25, -0.2) is 9.97 Å². The van der Waals surface area contributed by atoms with Crippen LogP contribution in [0.3, 0.4) is 0 Å². The van der Waals surface area contributed by atoms with Crippen LogP contribution in [-0.2, 0) is 4.57 Å². The second-order valence-electron chi connectivity index (χ2n) is 16.5. The van der Waals surface area contributed by atoms with Gasteiger partial charge in [0, 0.05) is 55.0 Å². The van der Waals surface area contributed by atoms with Gasteiger partial charge in [0.05, 0.1) is 22.8 Å². The second-order valence-corrected chi connectivity index (χ2v) is 19.1. The Balaban J connectivity index is 0.986. The molecule has 9 aromatic carbocycles. The number of para-hydroxylation sites is 2. The lowest BCUT2D eigenvalue weighted by atomic mass is 9.95. The summed E-state index contributed by atoms with van der Waals surface area (Å²) in [5.41, 5.74) is 16.1. The van der Waals surface area contributed by atoms with Crippen molar-refractivity contribution in [2.75, 3.05) is 4.90 Å². The number of fused-ring (bicyclic) bond motifs is 6. The SMILES string of the molecule is O=P1(c2cccc(-c3ccccc3)c2)C2=C(c3ccccc3N(c3ccc(-c4cc(-c5ccc(-c6ccccc6)cc5)nc(-c5ccccc5)n4)cc3)c3ccccc32)c2ccccc21. The molecule has 0 amide bonds. The molecule has 10 aromatic rings. The Labute approximate surface area is 378 Å². The molecule has 0 saturated carbocycles. The van der Waals surface area contributed by atoms with E-state index >= 15 is 4.57 Å². The number of benzene rings is 9. The van der Waals surface area contributed by atoms with Crippen molar-refractivity contribution in [1.29, 1.82) is 0 Å². The van der Waals surface area contributed by atoms with E-state index in [4.69, 9.17) is 9.97 Å². The average Bonchev–Trinajstić information content (AvgIpc) is 3.58. The molecule has 0 N–H and O–H groups in total. The minimum Gasteiger partial charge on any atom is -0.309 e. The Hall–Kier alpha value is -8.17. The van der Waals surface area contributed by atoms with Crippen LogP contribution in [0.4, 0.5) is 17.1 Å². The Morgan fingerprint density at radius 3 is 1.46 bits per heavy atom. The van der Waals surface area contributed by atoms with Crippen molar-refractivity contribution in [3.8, 4) is 56.2 Å². The first kappa shape index (κ1) is 38.5. The van der Waals surface area contributed by atoms with Crippen LogP contribution in [0, 0.1) is 0 Å². The number of nitrogens with zero attached hydrogens (tertiary/aromatic N) is 3. The van der Waals surface area contributed by atoms with E-state index in [1.807, 2.05) is 54.6 Å². The molecule has 0 spiro atoms. The molecule has 0 fully saturated rings. The standard InChI is InChI=1S/C60H40N3OP/c64-65(49-24-16-23-47(39-49)42-19-6-2-7-20-42)57-30-15-12-27-52(57)58-50-25-10-13-28-55(50)63(56-29-14-11-26-51(56)59(58)65)48-37-35-45(36-38-48)54-40-53(61-60(62-54)46-21-8-3-9-22-46)44-33-31-43(32-34-44)41-17-4-1-5-18-41/h1-40H. The average molecular weight is 850 g/mol. The van der Waals surface area contributed by atoms with Crippen LogP contribution >= 0.6 is 7.14 Å². The molecule has 3 heterocycles. The lowest BCUT2D eigenvalue weighted by Gasteiger charge is -2.29. The van der Waals surface area contributed by atoms with Gasteiger partial charge >= 0.3 is 0 Å². The molecule has 12 rings (SSSR count). The maximum absolute atomic E-state index is 16.6. The number of hydrogen-bond donors (Lipinski definition) is 0. The van der Waals surface area contributed by atoms with E-state index in [0.29, 0.717) is 5.82 Å². The lowest BCUT2D eigenvalue weighted by molar-refractivity contribution is 0.593. The Morgan fingerprint density at radius 2 is 0.815 bits per heavy atom. The van der Waals surface area contributed by atoms with Gasteiger partial charge in [0.15, 0.2) is 13.0 Å². The van der Waals surface area contributed by atoms with E-state index in [2.05, 4.69) is 193 Å². The molecule has 1 unspecified atom stereocenters. The van der Waals surface area contributed by atoms with Crippen LogP contribution in [-0.4, -0.2) is 9.97 Å². The van der Waals surface area contributed by atoms with Gasteiger partial charge in [0.1, 0.15) is 0 Å². The molecule has 0 aliphatic carbocycles. The summed E-state index contributed by atoms with van der Waals surface area (Å²) in [5, 5.41) is 2.58. The van der Waals surface area contributed by atoms with Crippen LogP contribution < -0.4 is 15.5 Å². The van der Waals surface area contributed by atoms with Gasteiger partial charge in [-0.1, -0.05) is 206 Å². The van der Waals surface area contributed by atoms with E-state index < -0.39 is 7.14 Å². The van der Waals surface area contributed by atoms with E-state index in [9.17, 15) is 0 Å². The molecule has 2 aliphatic rings. The Kier molecular flexibility index (Phi) is 9.40. The van der Waals surface area contributed by atoms with Crippen molar-refractivity contribution in [2.24, 2.45) is 0 Å². The molecule has 0 saturated heterocycles. The zero-order chi connectivity index (χ0) is 43.3. The number of rotatable bonds is 7. The molecule has 306 valence electrons. The maximum atomic E-state index is 16.6. The molecule has 4 nitrogen and oxygen atoms in total. The van der Waals surface area contributed by atoms with E-state index in [0.717, 1.165) is 100 Å². The predicted molar refractivity (Wildman–Crippen MR) is 270 cm³/mol. The summed E-state index contributed by atoms with van der Waals surface area (Å²) in [4.78, 5) is 12.6.